The van der Waals surface area contributed by atoms with E-state index in [0.29, 0.717) is 6.04 Å². The second-order valence-electron chi connectivity index (χ2n) is 7.85. The Labute approximate surface area is 168 Å². The summed E-state index contributed by atoms with van der Waals surface area (Å²) in [5.41, 5.74) is 1.22. The van der Waals surface area contributed by atoms with E-state index < -0.39 is 0 Å². The van der Waals surface area contributed by atoms with Crippen LogP contribution in [0.1, 0.15) is 12.8 Å². The van der Waals surface area contributed by atoms with Crippen LogP contribution >= 0.6 is 0 Å². The van der Waals surface area contributed by atoms with Crippen molar-refractivity contribution in [3.8, 4) is 5.75 Å². The highest BCUT2D eigenvalue weighted by Crippen LogP contribution is 2.23. The number of morpholine rings is 1. The SMILES string of the molecule is CN=C(NCC1CN2CCCC2CO1)N1CCN(c2cccc(OC)c2)CC1. The number of nitrogens with zero attached hydrogens (tertiary/aromatic N) is 4. The van der Waals surface area contributed by atoms with Gasteiger partial charge in [-0.05, 0) is 31.5 Å². The number of ether oxygens (including phenoxy) is 2. The molecule has 3 aliphatic rings. The molecule has 0 aromatic heterocycles. The summed E-state index contributed by atoms with van der Waals surface area (Å²) >= 11 is 0. The maximum Gasteiger partial charge on any atom is 0.193 e. The minimum atomic E-state index is 0.254. The van der Waals surface area contributed by atoms with E-state index in [1.807, 2.05) is 13.1 Å². The lowest BCUT2D eigenvalue weighted by Gasteiger charge is -2.39. The van der Waals surface area contributed by atoms with Gasteiger partial charge in [-0.25, -0.2) is 0 Å². The van der Waals surface area contributed by atoms with Crippen LogP contribution in [0.25, 0.3) is 0 Å². The average molecular weight is 388 g/mol. The quantitative estimate of drug-likeness (QED) is 0.620. The van der Waals surface area contributed by atoms with Crippen LogP contribution in [0.15, 0.2) is 29.3 Å². The Morgan fingerprint density at radius 2 is 2.11 bits per heavy atom. The number of hydrogen-bond acceptors (Lipinski definition) is 5. The smallest absolute Gasteiger partial charge is 0.193 e. The highest BCUT2D eigenvalue weighted by Gasteiger charge is 2.32. The van der Waals surface area contributed by atoms with Crippen LogP contribution < -0.4 is 15.0 Å². The predicted octanol–water partition coefficient (Wildman–Crippen LogP) is 1.26. The van der Waals surface area contributed by atoms with Crippen molar-refractivity contribution < 1.29 is 9.47 Å². The highest BCUT2D eigenvalue weighted by atomic mass is 16.5. The molecule has 0 amide bonds. The number of fused-ring (bicyclic) bond motifs is 1. The zero-order chi connectivity index (χ0) is 19.3. The Kier molecular flexibility index (Phi) is 6.22. The number of piperazine rings is 1. The molecule has 3 saturated heterocycles. The van der Waals surface area contributed by atoms with Crippen molar-refractivity contribution in [2.45, 2.75) is 25.0 Å². The van der Waals surface area contributed by atoms with Gasteiger partial charge in [-0.15, -0.1) is 0 Å². The standard InChI is InChI=1S/C21H33N5O2/c1-22-21(23-14-20-15-26-8-4-6-18(26)16-28-20)25-11-9-24(10-12-25)17-5-3-7-19(13-17)27-2/h3,5,7,13,18,20H,4,6,8-12,14-16H2,1-2H3,(H,22,23). The Hall–Kier alpha value is -1.99. The van der Waals surface area contributed by atoms with Crippen LogP contribution in [0, 0.1) is 0 Å². The number of hydrogen-bond donors (Lipinski definition) is 1. The molecule has 0 radical (unpaired) electrons. The topological polar surface area (TPSA) is 52.6 Å². The maximum absolute atomic E-state index is 6.07. The van der Waals surface area contributed by atoms with E-state index in [0.717, 1.165) is 57.6 Å². The van der Waals surface area contributed by atoms with Gasteiger partial charge in [0.05, 0.1) is 19.8 Å². The minimum absolute atomic E-state index is 0.254. The molecule has 0 aliphatic carbocycles. The predicted molar refractivity (Wildman–Crippen MR) is 112 cm³/mol. The number of aliphatic imine (C=N–C) groups is 1. The first-order valence-electron chi connectivity index (χ1n) is 10.5. The number of nitrogens with one attached hydrogen (secondary N) is 1. The van der Waals surface area contributed by atoms with Gasteiger partial charge in [0.15, 0.2) is 5.96 Å². The van der Waals surface area contributed by atoms with Crippen LogP contribution in [0.5, 0.6) is 5.75 Å². The molecule has 28 heavy (non-hydrogen) atoms. The molecule has 154 valence electrons. The first-order valence-corrected chi connectivity index (χ1v) is 10.5. The summed E-state index contributed by atoms with van der Waals surface area (Å²) in [6.07, 6.45) is 2.86. The van der Waals surface area contributed by atoms with Gasteiger partial charge in [0.2, 0.25) is 0 Å². The fourth-order valence-electron chi connectivity index (χ4n) is 4.53. The van der Waals surface area contributed by atoms with Crippen LogP contribution in [0.4, 0.5) is 5.69 Å². The summed E-state index contributed by atoms with van der Waals surface area (Å²) in [7, 11) is 3.58. The normalized spacial score (nSPS) is 26.3. The van der Waals surface area contributed by atoms with Gasteiger partial charge in [0.25, 0.3) is 0 Å². The molecule has 1 aromatic rings. The van der Waals surface area contributed by atoms with Crippen LogP contribution in [-0.2, 0) is 4.74 Å². The summed E-state index contributed by atoms with van der Waals surface area (Å²) in [5, 5.41) is 3.55. The third-order valence-electron chi connectivity index (χ3n) is 6.16. The van der Waals surface area contributed by atoms with E-state index >= 15 is 0 Å². The van der Waals surface area contributed by atoms with Gasteiger partial charge in [0.1, 0.15) is 5.75 Å². The second-order valence-corrected chi connectivity index (χ2v) is 7.85. The molecule has 2 unspecified atom stereocenters. The van der Waals surface area contributed by atoms with Gasteiger partial charge < -0.3 is 24.6 Å². The summed E-state index contributed by atoms with van der Waals surface area (Å²) in [5.74, 6) is 1.89. The van der Waals surface area contributed by atoms with Crippen molar-refractivity contribution >= 4 is 11.6 Å². The van der Waals surface area contributed by atoms with Crippen molar-refractivity contribution in [1.29, 1.82) is 0 Å². The van der Waals surface area contributed by atoms with Crippen molar-refractivity contribution in [3.05, 3.63) is 24.3 Å². The molecular formula is C21H33N5O2. The third-order valence-corrected chi connectivity index (χ3v) is 6.16. The Balaban J connectivity index is 1.26. The molecule has 3 heterocycles. The van der Waals surface area contributed by atoms with E-state index in [4.69, 9.17) is 9.47 Å². The molecule has 0 saturated carbocycles. The molecule has 1 N–H and O–H groups in total. The molecule has 0 bridgehead atoms. The Morgan fingerprint density at radius 3 is 2.89 bits per heavy atom. The lowest BCUT2D eigenvalue weighted by Crippen LogP contribution is -2.55. The zero-order valence-electron chi connectivity index (χ0n) is 17.1. The molecular weight excluding hydrogens is 354 g/mol. The molecule has 0 spiro atoms. The number of rotatable bonds is 4. The number of anilines is 1. The maximum atomic E-state index is 6.07. The van der Waals surface area contributed by atoms with Gasteiger partial charge in [-0.1, -0.05) is 6.07 Å². The van der Waals surface area contributed by atoms with E-state index in [1.165, 1.54) is 25.1 Å². The second kappa shape index (κ2) is 9.01. The molecule has 7 heteroatoms. The van der Waals surface area contributed by atoms with E-state index in [9.17, 15) is 0 Å². The fourth-order valence-corrected chi connectivity index (χ4v) is 4.53. The molecule has 3 fully saturated rings. The first-order chi connectivity index (χ1) is 13.8. The number of guanidine groups is 1. The van der Waals surface area contributed by atoms with E-state index in [-0.39, 0.29) is 6.10 Å². The summed E-state index contributed by atoms with van der Waals surface area (Å²) in [6, 6.07) is 8.95. The Morgan fingerprint density at radius 1 is 1.25 bits per heavy atom. The lowest BCUT2D eigenvalue weighted by molar-refractivity contribution is -0.0454. The van der Waals surface area contributed by atoms with E-state index in [1.54, 1.807) is 7.11 Å². The molecule has 3 aliphatic heterocycles. The third kappa shape index (κ3) is 4.36. The number of benzene rings is 1. The van der Waals surface area contributed by atoms with Crippen molar-refractivity contribution in [2.24, 2.45) is 4.99 Å². The van der Waals surface area contributed by atoms with E-state index in [2.05, 4.69) is 43.2 Å². The van der Waals surface area contributed by atoms with Gasteiger partial charge in [-0.3, -0.25) is 9.89 Å². The average Bonchev–Trinajstić information content (AvgIpc) is 3.22. The van der Waals surface area contributed by atoms with Crippen LogP contribution in [0.3, 0.4) is 0 Å². The fraction of sp³-hybridized carbons (Fsp3) is 0.667. The monoisotopic (exact) mass is 387 g/mol. The van der Waals surface area contributed by atoms with Crippen molar-refractivity contribution in [1.82, 2.24) is 15.1 Å². The molecule has 2 atom stereocenters. The minimum Gasteiger partial charge on any atom is -0.497 e. The highest BCUT2D eigenvalue weighted by molar-refractivity contribution is 5.80. The first kappa shape index (κ1) is 19.3. The van der Waals surface area contributed by atoms with Gasteiger partial charge in [-0.2, -0.15) is 0 Å². The summed E-state index contributed by atoms with van der Waals surface area (Å²) < 4.78 is 11.4. The van der Waals surface area contributed by atoms with Gasteiger partial charge >= 0.3 is 0 Å². The Bertz CT molecular complexity index is 675. The van der Waals surface area contributed by atoms with Crippen molar-refractivity contribution in [2.75, 3.05) is 71.5 Å². The largest absolute Gasteiger partial charge is 0.497 e. The molecule has 7 nitrogen and oxygen atoms in total. The molecule has 1 aromatic carbocycles. The van der Waals surface area contributed by atoms with Crippen LogP contribution in [0.2, 0.25) is 0 Å². The summed E-state index contributed by atoms with van der Waals surface area (Å²) in [6.45, 7) is 7.83. The van der Waals surface area contributed by atoms with Crippen LogP contribution in [-0.4, -0.2) is 94.5 Å². The summed E-state index contributed by atoms with van der Waals surface area (Å²) in [4.78, 5) is 11.9. The molecule has 4 rings (SSSR count). The van der Waals surface area contributed by atoms with Gasteiger partial charge in [0, 0.05) is 64.1 Å². The van der Waals surface area contributed by atoms with Crippen molar-refractivity contribution in [3.63, 3.8) is 0 Å². The lowest BCUT2D eigenvalue weighted by atomic mass is 10.2. The number of methoxy groups -OCH3 is 1. The zero-order valence-corrected chi connectivity index (χ0v) is 17.1.